The SMILES string of the molecule is Cc1cccc(C(=O)Nc2ccc3c(c2)C[C@H](NS(=O)(=O)c2ccccc2)C3)c1-c1ccc(F)cc1. The Balaban J connectivity index is 1.33. The fraction of sp³-hybridized carbons (Fsp3) is 0.138. The van der Waals surface area contributed by atoms with Crippen molar-refractivity contribution < 1.29 is 17.6 Å². The quantitative estimate of drug-likeness (QED) is 0.367. The number of hydrogen-bond acceptors (Lipinski definition) is 3. The summed E-state index contributed by atoms with van der Waals surface area (Å²) in [6.45, 7) is 1.92. The van der Waals surface area contributed by atoms with Crippen LogP contribution in [0.1, 0.15) is 27.0 Å². The number of nitrogens with one attached hydrogen (secondary N) is 2. The summed E-state index contributed by atoms with van der Waals surface area (Å²) in [7, 11) is -3.61. The van der Waals surface area contributed by atoms with Gasteiger partial charge in [0.05, 0.1) is 4.90 Å². The molecule has 4 aromatic rings. The van der Waals surface area contributed by atoms with Crippen LogP contribution in [0, 0.1) is 12.7 Å². The molecule has 0 aromatic heterocycles. The smallest absolute Gasteiger partial charge is 0.256 e. The first kappa shape index (κ1) is 23.9. The Kier molecular flexibility index (Phi) is 6.43. The van der Waals surface area contributed by atoms with Crippen molar-refractivity contribution in [3.8, 4) is 11.1 Å². The number of amides is 1. The first-order chi connectivity index (χ1) is 17.3. The molecule has 5 rings (SSSR count). The molecule has 0 saturated carbocycles. The second-order valence-corrected chi connectivity index (χ2v) is 10.7. The van der Waals surface area contributed by atoms with Crippen LogP contribution in [0.15, 0.2) is 95.9 Å². The van der Waals surface area contributed by atoms with E-state index < -0.39 is 10.0 Å². The van der Waals surface area contributed by atoms with Crippen LogP contribution in [0.5, 0.6) is 0 Å². The summed E-state index contributed by atoms with van der Waals surface area (Å²) < 4.78 is 41.7. The molecule has 2 N–H and O–H groups in total. The second-order valence-electron chi connectivity index (χ2n) is 8.98. The lowest BCUT2D eigenvalue weighted by Crippen LogP contribution is -2.35. The number of anilines is 1. The van der Waals surface area contributed by atoms with Crippen LogP contribution in [0.3, 0.4) is 0 Å². The van der Waals surface area contributed by atoms with Gasteiger partial charge in [-0.3, -0.25) is 4.79 Å². The molecule has 0 radical (unpaired) electrons. The summed E-state index contributed by atoms with van der Waals surface area (Å²) in [6.07, 6.45) is 1.12. The van der Waals surface area contributed by atoms with Crippen molar-refractivity contribution in [2.45, 2.75) is 30.7 Å². The van der Waals surface area contributed by atoms with Crippen molar-refractivity contribution in [1.29, 1.82) is 0 Å². The first-order valence-electron chi connectivity index (χ1n) is 11.7. The zero-order valence-electron chi connectivity index (χ0n) is 19.7. The highest BCUT2D eigenvalue weighted by atomic mass is 32.2. The highest BCUT2D eigenvalue weighted by Gasteiger charge is 2.27. The Morgan fingerprint density at radius 2 is 1.58 bits per heavy atom. The summed E-state index contributed by atoms with van der Waals surface area (Å²) in [5.41, 5.74) is 5.62. The zero-order valence-corrected chi connectivity index (χ0v) is 20.5. The number of carbonyl (C=O) groups is 1. The summed E-state index contributed by atoms with van der Waals surface area (Å²) in [6, 6.07) is 25.3. The van der Waals surface area contributed by atoms with E-state index >= 15 is 0 Å². The van der Waals surface area contributed by atoms with Gasteiger partial charge in [0.1, 0.15) is 5.82 Å². The highest BCUT2D eigenvalue weighted by molar-refractivity contribution is 7.89. The minimum atomic E-state index is -3.61. The average molecular weight is 501 g/mol. The topological polar surface area (TPSA) is 75.3 Å². The molecule has 0 saturated heterocycles. The molecule has 182 valence electrons. The molecule has 0 heterocycles. The van der Waals surface area contributed by atoms with Gasteiger partial charge in [0.15, 0.2) is 0 Å². The van der Waals surface area contributed by atoms with Crippen molar-refractivity contribution in [3.63, 3.8) is 0 Å². The molecule has 5 nitrogen and oxygen atoms in total. The standard InChI is InChI=1S/C29H25FN2O3S/c1-19-6-5-9-27(28(19)20-10-13-23(30)14-11-20)29(33)31-24-15-12-21-16-25(18-22(21)17-24)32-36(34,35)26-7-3-2-4-8-26/h2-15,17,25,32H,16,18H2,1H3,(H,31,33)/t25-/m1/s1. The van der Waals surface area contributed by atoms with Gasteiger partial charge in [0.25, 0.3) is 5.91 Å². The summed E-state index contributed by atoms with van der Waals surface area (Å²) in [4.78, 5) is 13.5. The number of rotatable bonds is 6. The van der Waals surface area contributed by atoms with Gasteiger partial charge in [-0.2, -0.15) is 0 Å². The van der Waals surface area contributed by atoms with Crippen LogP contribution in [0.25, 0.3) is 11.1 Å². The predicted octanol–water partition coefficient (Wildman–Crippen LogP) is 5.50. The number of benzene rings is 4. The number of halogens is 1. The molecule has 0 fully saturated rings. The van der Waals surface area contributed by atoms with Crippen LogP contribution in [-0.4, -0.2) is 20.4 Å². The lowest BCUT2D eigenvalue weighted by Gasteiger charge is -2.14. The molecule has 1 aliphatic carbocycles. The third-order valence-corrected chi connectivity index (χ3v) is 7.96. The number of fused-ring (bicyclic) bond motifs is 1. The molecule has 0 aliphatic heterocycles. The lowest BCUT2D eigenvalue weighted by molar-refractivity contribution is 0.102. The lowest BCUT2D eigenvalue weighted by atomic mass is 9.94. The maximum absolute atomic E-state index is 13.4. The van der Waals surface area contributed by atoms with E-state index in [-0.39, 0.29) is 22.7 Å². The van der Waals surface area contributed by atoms with Gasteiger partial charge in [-0.05, 0) is 90.0 Å². The summed E-state index contributed by atoms with van der Waals surface area (Å²) >= 11 is 0. The molecule has 7 heteroatoms. The Morgan fingerprint density at radius 3 is 2.33 bits per heavy atom. The predicted molar refractivity (Wildman–Crippen MR) is 139 cm³/mol. The Labute approximate surface area is 210 Å². The molecule has 1 amide bonds. The number of carbonyl (C=O) groups excluding carboxylic acids is 1. The van der Waals surface area contributed by atoms with Gasteiger partial charge < -0.3 is 5.32 Å². The molecular formula is C29H25FN2O3S. The molecular weight excluding hydrogens is 475 g/mol. The van der Waals surface area contributed by atoms with Gasteiger partial charge in [0, 0.05) is 17.3 Å². The van der Waals surface area contributed by atoms with Crippen LogP contribution >= 0.6 is 0 Å². The first-order valence-corrected chi connectivity index (χ1v) is 13.1. The summed E-state index contributed by atoms with van der Waals surface area (Å²) in [5.74, 6) is -0.599. The van der Waals surface area contributed by atoms with Crippen LogP contribution < -0.4 is 10.0 Å². The van der Waals surface area contributed by atoms with Crippen molar-refractivity contribution in [2.75, 3.05) is 5.32 Å². The zero-order chi connectivity index (χ0) is 25.3. The minimum Gasteiger partial charge on any atom is -0.322 e. The molecule has 0 spiro atoms. The van der Waals surface area contributed by atoms with Crippen molar-refractivity contribution >= 4 is 21.6 Å². The number of sulfonamides is 1. The van der Waals surface area contributed by atoms with Crippen molar-refractivity contribution in [2.24, 2.45) is 0 Å². The third kappa shape index (κ3) is 4.94. The van der Waals surface area contributed by atoms with E-state index in [1.165, 1.54) is 12.1 Å². The molecule has 0 bridgehead atoms. The maximum atomic E-state index is 13.4. The fourth-order valence-corrected chi connectivity index (χ4v) is 5.98. The Morgan fingerprint density at radius 1 is 0.861 bits per heavy atom. The van der Waals surface area contributed by atoms with Crippen molar-refractivity contribution in [3.05, 3.63) is 119 Å². The van der Waals surface area contributed by atoms with E-state index in [9.17, 15) is 17.6 Å². The van der Waals surface area contributed by atoms with Crippen molar-refractivity contribution in [1.82, 2.24) is 4.72 Å². The van der Waals surface area contributed by atoms with Crippen LogP contribution in [-0.2, 0) is 22.9 Å². The van der Waals surface area contributed by atoms with E-state index in [4.69, 9.17) is 0 Å². The number of aryl methyl sites for hydroxylation is 1. The molecule has 36 heavy (non-hydrogen) atoms. The molecule has 1 atom stereocenters. The van der Waals surface area contributed by atoms with E-state index in [0.29, 0.717) is 24.1 Å². The van der Waals surface area contributed by atoms with Gasteiger partial charge >= 0.3 is 0 Å². The average Bonchev–Trinajstić information content (AvgIpc) is 3.26. The Bertz CT molecular complexity index is 1540. The van der Waals surface area contributed by atoms with Crippen LogP contribution in [0.2, 0.25) is 0 Å². The van der Waals surface area contributed by atoms with E-state index in [0.717, 1.165) is 27.8 Å². The van der Waals surface area contributed by atoms with E-state index in [1.807, 2.05) is 37.3 Å². The van der Waals surface area contributed by atoms with Gasteiger partial charge in [-0.1, -0.05) is 48.5 Å². The monoisotopic (exact) mass is 500 g/mol. The number of hydrogen-bond donors (Lipinski definition) is 2. The second kappa shape index (κ2) is 9.68. The van der Waals surface area contributed by atoms with Gasteiger partial charge in [-0.25, -0.2) is 17.5 Å². The maximum Gasteiger partial charge on any atom is 0.256 e. The van der Waals surface area contributed by atoms with E-state index in [1.54, 1.807) is 48.5 Å². The van der Waals surface area contributed by atoms with Gasteiger partial charge in [-0.15, -0.1) is 0 Å². The third-order valence-electron chi connectivity index (χ3n) is 6.42. The Hall–Kier alpha value is -3.81. The minimum absolute atomic E-state index is 0.240. The molecule has 4 aromatic carbocycles. The molecule has 1 aliphatic rings. The molecule has 0 unspecified atom stereocenters. The summed E-state index contributed by atoms with van der Waals surface area (Å²) in [5, 5.41) is 2.97. The normalized spacial score (nSPS) is 14.9. The van der Waals surface area contributed by atoms with E-state index in [2.05, 4.69) is 10.0 Å². The highest BCUT2D eigenvalue weighted by Crippen LogP contribution is 2.30. The van der Waals surface area contributed by atoms with Crippen LogP contribution in [0.4, 0.5) is 10.1 Å². The van der Waals surface area contributed by atoms with Gasteiger partial charge in [0.2, 0.25) is 10.0 Å². The largest absolute Gasteiger partial charge is 0.322 e. The fourth-order valence-electron chi connectivity index (χ4n) is 4.72.